The molecule has 0 bridgehead atoms. The number of aromatic nitrogens is 2. The Bertz CT molecular complexity index is 454. The first-order valence-electron chi connectivity index (χ1n) is 5.99. The molecule has 1 aliphatic carbocycles. The van der Waals surface area contributed by atoms with Crippen LogP contribution in [0.1, 0.15) is 30.7 Å². The van der Waals surface area contributed by atoms with Gasteiger partial charge in [0, 0.05) is 19.3 Å². The summed E-state index contributed by atoms with van der Waals surface area (Å²) in [6.45, 7) is 2.60. The number of thiocarbonyl (C=S) groups is 1. The predicted octanol–water partition coefficient (Wildman–Crippen LogP) is 1.40. The van der Waals surface area contributed by atoms with Crippen molar-refractivity contribution in [2.75, 3.05) is 19.0 Å². The number of ether oxygens (including phenoxy) is 1. The Morgan fingerprint density at radius 3 is 2.78 bits per heavy atom. The summed E-state index contributed by atoms with van der Waals surface area (Å²) in [5, 5.41) is 3.21. The van der Waals surface area contributed by atoms with E-state index in [4.69, 9.17) is 22.7 Å². The summed E-state index contributed by atoms with van der Waals surface area (Å²) in [5.41, 5.74) is 6.97. The molecular weight excluding hydrogens is 248 g/mol. The van der Waals surface area contributed by atoms with E-state index < -0.39 is 0 Å². The third-order valence-electron chi connectivity index (χ3n) is 3.37. The number of nitrogens with one attached hydrogen (secondary N) is 1. The molecule has 0 atom stereocenters. The van der Waals surface area contributed by atoms with Crippen LogP contribution in [0.4, 0.5) is 5.95 Å². The van der Waals surface area contributed by atoms with E-state index in [1.54, 1.807) is 13.2 Å². The molecule has 98 valence electrons. The fourth-order valence-electron chi connectivity index (χ4n) is 2.04. The second-order valence-electron chi connectivity index (χ2n) is 4.68. The molecule has 0 aromatic carbocycles. The molecule has 0 radical (unpaired) electrons. The summed E-state index contributed by atoms with van der Waals surface area (Å²) in [5.74, 6) is 0.557. The Morgan fingerprint density at radius 1 is 1.56 bits per heavy atom. The molecule has 0 amide bonds. The lowest BCUT2D eigenvalue weighted by molar-refractivity contribution is -0.0602. The fourth-order valence-corrected chi connectivity index (χ4v) is 2.14. The SMILES string of the molecule is COC1(CNc2nc(C)cc(C(N)=S)n2)CCC1. The van der Waals surface area contributed by atoms with E-state index in [0.29, 0.717) is 18.2 Å². The molecule has 1 aromatic rings. The largest absolute Gasteiger partial charge is 0.388 e. The Balaban J connectivity index is 2.07. The standard InChI is InChI=1S/C12H18N4OS/c1-8-6-9(10(13)18)16-11(15-8)14-7-12(17-2)4-3-5-12/h6H,3-5,7H2,1-2H3,(H2,13,18)(H,14,15,16). The van der Waals surface area contributed by atoms with Gasteiger partial charge in [-0.3, -0.25) is 0 Å². The van der Waals surface area contributed by atoms with Gasteiger partial charge < -0.3 is 15.8 Å². The van der Waals surface area contributed by atoms with Crippen molar-refractivity contribution in [2.24, 2.45) is 5.73 Å². The first kappa shape index (κ1) is 13.2. The molecule has 0 saturated heterocycles. The van der Waals surface area contributed by atoms with Crippen molar-refractivity contribution in [3.05, 3.63) is 17.5 Å². The molecule has 6 heteroatoms. The summed E-state index contributed by atoms with van der Waals surface area (Å²) >= 11 is 4.93. The van der Waals surface area contributed by atoms with Crippen LogP contribution in [0, 0.1) is 6.92 Å². The van der Waals surface area contributed by atoms with E-state index >= 15 is 0 Å². The molecule has 0 unspecified atom stereocenters. The van der Waals surface area contributed by atoms with E-state index in [2.05, 4.69) is 15.3 Å². The van der Waals surface area contributed by atoms with Crippen LogP contribution in [0.2, 0.25) is 0 Å². The number of hydrogen-bond donors (Lipinski definition) is 2. The second kappa shape index (κ2) is 5.16. The molecule has 0 aliphatic heterocycles. The molecule has 1 heterocycles. The average Bonchev–Trinajstić information content (AvgIpc) is 2.27. The number of methoxy groups -OCH3 is 1. The van der Waals surface area contributed by atoms with Gasteiger partial charge in [0.1, 0.15) is 10.7 Å². The van der Waals surface area contributed by atoms with Crippen molar-refractivity contribution in [1.82, 2.24) is 9.97 Å². The van der Waals surface area contributed by atoms with Crippen LogP contribution in [0.25, 0.3) is 0 Å². The van der Waals surface area contributed by atoms with Gasteiger partial charge in [-0.2, -0.15) is 0 Å². The Labute approximate surface area is 112 Å². The minimum Gasteiger partial charge on any atom is -0.388 e. The van der Waals surface area contributed by atoms with E-state index in [1.807, 2.05) is 6.92 Å². The van der Waals surface area contributed by atoms with Crippen molar-refractivity contribution < 1.29 is 4.74 Å². The van der Waals surface area contributed by atoms with Crippen LogP contribution in [0.5, 0.6) is 0 Å². The zero-order valence-corrected chi connectivity index (χ0v) is 11.5. The number of anilines is 1. The van der Waals surface area contributed by atoms with Gasteiger partial charge in [0.15, 0.2) is 0 Å². The zero-order valence-electron chi connectivity index (χ0n) is 10.7. The molecule has 0 spiro atoms. The first-order valence-corrected chi connectivity index (χ1v) is 6.40. The van der Waals surface area contributed by atoms with E-state index in [-0.39, 0.29) is 10.6 Å². The highest BCUT2D eigenvalue weighted by atomic mass is 32.1. The van der Waals surface area contributed by atoms with Crippen molar-refractivity contribution >= 4 is 23.2 Å². The number of nitrogens with zero attached hydrogens (tertiary/aromatic N) is 2. The Morgan fingerprint density at radius 2 is 2.28 bits per heavy atom. The highest BCUT2D eigenvalue weighted by Gasteiger charge is 2.36. The smallest absolute Gasteiger partial charge is 0.223 e. The van der Waals surface area contributed by atoms with Crippen molar-refractivity contribution in [2.45, 2.75) is 31.8 Å². The van der Waals surface area contributed by atoms with E-state index in [1.165, 1.54) is 6.42 Å². The molecular formula is C12H18N4OS. The predicted molar refractivity (Wildman–Crippen MR) is 74.7 cm³/mol. The van der Waals surface area contributed by atoms with E-state index in [9.17, 15) is 0 Å². The van der Waals surface area contributed by atoms with Crippen LogP contribution in [-0.2, 0) is 4.74 Å². The van der Waals surface area contributed by atoms with Crippen molar-refractivity contribution in [1.29, 1.82) is 0 Å². The monoisotopic (exact) mass is 266 g/mol. The third kappa shape index (κ3) is 2.76. The zero-order chi connectivity index (χ0) is 13.2. The molecule has 1 aliphatic rings. The maximum Gasteiger partial charge on any atom is 0.223 e. The number of nitrogens with two attached hydrogens (primary N) is 1. The lowest BCUT2D eigenvalue weighted by Gasteiger charge is -2.40. The van der Waals surface area contributed by atoms with Crippen LogP contribution < -0.4 is 11.1 Å². The van der Waals surface area contributed by atoms with E-state index in [0.717, 1.165) is 18.5 Å². The number of aryl methyl sites for hydroxylation is 1. The summed E-state index contributed by atoms with van der Waals surface area (Å²) in [7, 11) is 1.75. The third-order valence-corrected chi connectivity index (χ3v) is 3.58. The Hall–Kier alpha value is -1.27. The minimum atomic E-state index is -0.0590. The summed E-state index contributed by atoms with van der Waals surface area (Å²) in [6, 6.07) is 1.78. The normalized spacial score (nSPS) is 17.0. The molecule has 1 saturated carbocycles. The van der Waals surface area contributed by atoms with Gasteiger partial charge in [-0.1, -0.05) is 12.2 Å². The second-order valence-corrected chi connectivity index (χ2v) is 5.12. The van der Waals surface area contributed by atoms with Crippen LogP contribution in [-0.4, -0.2) is 34.2 Å². The number of hydrogen-bond acceptors (Lipinski definition) is 5. The highest BCUT2D eigenvalue weighted by molar-refractivity contribution is 7.80. The average molecular weight is 266 g/mol. The van der Waals surface area contributed by atoms with Crippen molar-refractivity contribution in [3.63, 3.8) is 0 Å². The minimum absolute atomic E-state index is 0.0590. The number of rotatable bonds is 5. The van der Waals surface area contributed by atoms with Gasteiger partial charge in [-0.25, -0.2) is 9.97 Å². The van der Waals surface area contributed by atoms with Crippen LogP contribution in [0.3, 0.4) is 0 Å². The maximum atomic E-state index is 5.59. The lowest BCUT2D eigenvalue weighted by Crippen LogP contribution is -2.45. The Kier molecular flexibility index (Phi) is 3.77. The quantitative estimate of drug-likeness (QED) is 0.785. The lowest BCUT2D eigenvalue weighted by atomic mass is 9.80. The molecule has 1 fully saturated rings. The highest BCUT2D eigenvalue weighted by Crippen LogP contribution is 2.34. The van der Waals surface area contributed by atoms with Crippen LogP contribution in [0.15, 0.2) is 6.07 Å². The molecule has 2 rings (SSSR count). The van der Waals surface area contributed by atoms with Gasteiger partial charge in [-0.15, -0.1) is 0 Å². The maximum absolute atomic E-state index is 5.59. The molecule has 3 N–H and O–H groups in total. The molecule has 1 aromatic heterocycles. The topological polar surface area (TPSA) is 73.1 Å². The summed E-state index contributed by atoms with van der Waals surface area (Å²) in [4.78, 5) is 8.89. The first-order chi connectivity index (χ1) is 8.54. The fraction of sp³-hybridized carbons (Fsp3) is 0.583. The van der Waals surface area contributed by atoms with Gasteiger partial charge in [-0.05, 0) is 32.3 Å². The molecule has 5 nitrogen and oxygen atoms in total. The van der Waals surface area contributed by atoms with Gasteiger partial charge in [0.2, 0.25) is 5.95 Å². The van der Waals surface area contributed by atoms with Crippen LogP contribution >= 0.6 is 12.2 Å². The summed E-state index contributed by atoms with van der Waals surface area (Å²) < 4.78 is 5.53. The van der Waals surface area contributed by atoms with Gasteiger partial charge >= 0.3 is 0 Å². The summed E-state index contributed by atoms with van der Waals surface area (Å²) in [6.07, 6.45) is 3.36. The van der Waals surface area contributed by atoms with Crippen molar-refractivity contribution in [3.8, 4) is 0 Å². The van der Waals surface area contributed by atoms with Gasteiger partial charge in [0.05, 0.1) is 5.60 Å². The van der Waals surface area contributed by atoms with Gasteiger partial charge in [0.25, 0.3) is 0 Å². The molecule has 18 heavy (non-hydrogen) atoms.